The van der Waals surface area contributed by atoms with Gasteiger partial charge in [0.2, 0.25) is 0 Å². The lowest BCUT2D eigenvalue weighted by molar-refractivity contribution is 0.343. The molecule has 1 unspecified atom stereocenters. The first-order chi connectivity index (χ1) is 10.1. The number of halogens is 1. The number of rotatable bonds is 3. The molecule has 2 nitrogen and oxygen atoms in total. The van der Waals surface area contributed by atoms with Gasteiger partial charge < -0.3 is 4.98 Å². The van der Waals surface area contributed by atoms with Crippen LogP contribution in [0, 0.1) is 12.7 Å². The number of nitrogens with one attached hydrogen (secondary N) is 1. The number of nitrogens with zero attached hydrogens (tertiary/aromatic N) is 1. The molecule has 3 rings (SSSR count). The lowest BCUT2D eigenvalue weighted by atomic mass is 9.95. The Labute approximate surface area is 124 Å². The lowest BCUT2D eigenvalue weighted by Crippen LogP contribution is -2.21. The number of aryl methyl sites for hydroxylation is 1. The summed E-state index contributed by atoms with van der Waals surface area (Å²) in [6.07, 6.45) is 0. The summed E-state index contributed by atoms with van der Waals surface area (Å²) in [6, 6.07) is 15.5. The molecule has 0 spiro atoms. The van der Waals surface area contributed by atoms with Gasteiger partial charge in [-0.1, -0.05) is 30.3 Å². The van der Waals surface area contributed by atoms with Crippen molar-refractivity contribution in [3.63, 3.8) is 0 Å². The van der Waals surface area contributed by atoms with Crippen LogP contribution in [0.3, 0.4) is 0 Å². The number of benzene rings is 2. The molecule has 1 N–H and O–H groups in total. The first-order valence-corrected chi connectivity index (χ1v) is 7.07. The molecule has 3 heteroatoms. The van der Waals surface area contributed by atoms with Crippen molar-refractivity contribution in [2.24, 2.45) is 0 Å². The minimum Gasteiger partial charge on any atom is -0.358 e. The molecule has 1 atom stereocenters. The zero-order valence-corrected chi connectivity index (χ0v) is 12.5. The van der Waals surface area contributed by atoms with Crippen molar-refractivity contribution in [2.75, 3.05) is 14.1 Å². The Balaban J connectivity index is 2.23. The number of H-pyrrole nitrogens is 1. The van der Waals surface area contributed by atoms with E-state index in [0.29, 0.717) is 0 Å². The first-order valence-electron chi connectivity index (χ1n) is 7.07. The van der Waals surface area contributed by atoms with E-state index < -0.39 is 0 Å². The van der Waals surface area contributed by atoms with Gasteiger partial charge in [0.1, 0.15) is 5.82 Å². The van der Waals surface area contributed by atoms with Gasteiger partial charge in [-0.25, -0.2) is 4.39 Å². The van der Waals surface area contributed by atoms with E-state index in [4.69, 9.17) is 0 Å². The van der Waals surface area contributed by atoms with Crippen LogP contribution >= 0.6 is 0 Å². The van der Waals surface area contributed by atoms with Gasteiger partial charge in [-0.05, 0) is 44.8 Å². The van der Waals surface area contributed by atoms with Crippen molar-refractivity contribution in [2.45, 2.75) is 13.0 Å². The van der Waals surface area contributed by atoms with Gasteiger partial charge in [-0.3, -0.25) is 4.90 Å². The maximum absolute atomic E-state index is 13.4. The van der Waals surface area contributed by atoms with Gasteiger partial charge >= 0.3 is 0 Å². The highest BCUT2D eigenvalue weighted by Crippen LogP contribution is 2.35. The molecule has 0 aliphatic carbocycles. The van der Waals surface area contributed by atoms with Gasteiger partial charge in [-0.15, -0.1) is 0 Å². The van der Waals surface area contributed by atoms with Crippen LogP contribution in [-0.2, 0) is 0 Å². The van der Waals surface area contributed by atoms with E-state index in [2.05, 4.69) is 48.2 Å². The standard InChI is InChI=1S/C18H19FN2/c1-12-17(15-10-9-14(19)11-16(15)20-12)18(21(2)3)13-7-5-4-6-8-13/h4-11,18,20H,1-3H3. The van der Waals surface area contributed by atoms with Crippen molar-refractivity contribution in [1.29, 1.82) is 0 Å². The summed E-state index contributed by atoms with van der Waals surface area (Å²) >= 11 is 0. The van der Waals surface area contributed by atoms with E-state index >= 15 is 0 Å². The summed E-state index contributed by atoms with van der Waals surface area (Å²) in [4.78, 5) is 5.50. The molecule has 0 saturated heterocycles. The Hall–Kier alpha value is -2.13. The third-order valence-corrected chi connectivity index (χ3v) is 3.90. The number of aromatic nitrogens is 1. The van der Waals surface area contributed by atoms with Gasteiger partial charge in [0.15, 0.2) is 0 Å². The van der Waals surface area contributed by atoms with Crippen molar-refractivity contribution in [1.82, 2.24) is 9.88 Å². The van der Waals surface area contributed by atoms with Gasteiger partial charge in [0, 0.05) is 22.2 Å². The number of hydrogen-bond donors (Lipinski definition) is 1. The smallest absolute Gasteiger partial charge is 0.125 e. The molecule has 0 aliphatic heterocycles. The van der Waals surface area contributed by atoms with Crippen molar-refractivity contribution in [3.05, 3.63) is 71.2 Å². The molecule has 0 fully saturated rings. The molecule has 1 aromatic heterocycles. The van der Waals surface area contributed by atoms with Crippen LogP contribution in [0.1, 0.15) is 22.9 Å². The number of fused-ring (bicyclic) bond motifs is 1. The fraction of sp³-hybridized carbons (Fsp3) is 0.222. The van der Waals surface area contributed by atoms with E-state index in [-0.39, 0.29) is 11.9 Å². The van der Waals surface area contributed by atoms with Crippen LogP contribution in [0.4, 0.5) is 4.39 Å². The monoisotopic (exact) mass is 282 g/mol. The molecule has 0 radical (unpaired) electrons. The average molecular weight is 282 g/mol. The average Bonchev–Trinajstić information content (AvgIpc) is 2.76. The predicted octanol–water partition coefficient (Wildman–Crippen LogP) is 4.27. The maximum atomic E-state index is 13.4. The van der Waals surface area contributed by atoms with Crippen LogP contribution in [0.5, 0.6) is 0 Å². The van der Waals surface area contributed by atoms with Gasteiger partial charge in [-0.2, -0.15) is 0 Å². The summed E-state index contributed by atoms with van der Waals surface area (Å²) in [5.74, 6) is -0.212. The summed E-state index contributed by atoms with van der Waals surface area (Å²) in [5, 5.41) is 1.08. The van der Waals surface area contributed by atoms with Crippen molar-refractivity contribution in [3.8, 4) is 0 Å². The minimum atomic E-state index is -0.212. The largest absolute Gasteiger partial charge is 0.358 e. The lowest BCUT2D eigenvalue weighted by Gasteiger charge is -2.25. The minimum absolute atomic E-state index is 0.144. The molecule has 0 saturated carbocycles. The summed E-state index contributed by atoms with van der Waals surface area (Å²) in [6.45, 7) is 2.05. The molecule has 2 aromatic carbocycles. The van der Waals surface area contributed by atoms with Crippen molar-refractivity contribution >= 4 is 10.9 Å². The Morgan fingerprint density at radius 3 is 2.43 bits per heavy atom. The third-order valence-electron chi connectivity index (χ3n) is 3.90. The number of aromatic amines is 1. The second-order valence-corrected chi connectivity index (χ2v) is 5.63. The highest BCUT2D eigenvalue weighted by Gasteiger charge is 2.22. The second kappa shape index (κ2) is 5.34. The molecule has 0 bridgehead atoms. The summed E-state index contributed by atoms with van der Waals surface area (Å²) in [7, 11) is 4.14. The maximum Gasteiger partial charge on any atom is 0.125 e. The zero-order valence-electron chi connectivity index (χ0n) is 12.5. The van der Waals surface area contributed by atoms with E-state index in [0.717, 1.165) is 16.6 Å². The summed E-state index contributed by atoms with van der Waals surface area (Å²) in [5.41, 5.74) is 4.38. The SMILES string of the molecule is Cc1[nH]c2cc(F)ccc2c1C(c1ccccc1)N(C)C. The Morgan fingerprint density at radius 2 is 1.76 bits per heavy atom. The van der Waals surface area contributed by atoms with Gasteiger partial charge in [0.25, 0.3) is 0 Å². The third kappa shape index (κ3) is 2.45. The molecule has 1 heterocycles. The van der Waals surface area contributed by atoms with Gasteiger partial charge in [0.05, 0.1) is 6.04 Å². The molecule has 3 aromatic rings. The van der Waals surface area contributed by atoms with Crippen molar-refractivity contribution < 1.29 is 4.39 Å². The van der Waals surface area contributed by atoms with E-state index in [1.165, 1.54) is 17.2 Å². The molecular weight excluding hydrogens is 263 g/mol. The van der Waals surface area contributed by atoms with E-state index in [9.17, 15) is 4.39 Å². The van der Waals surface area contributed by atoms with Crippen LogP contribution in [0.25, 0.3) is 10.9 Å². The second-order valence-electron chi connectivity index (χ2n) is 5.63. The quantitative estimate of drug-likeness (QED) is 0.760. The Kier molecular flexibility index (Phi) is 3.52. The topological polar surface area (TPSA) is 19.0 Å². The zero-order chi connectivity index (χ0) is 15.0. The Bertz CT molecular complexity index is 759. The first kappa shape index (κ1) is 13.8. The van der Waals surface area contributed by atoms with E-state index in [1.807, 2.05) is 19.1 Å². The molecule has 21 heavy (non-hydrogen) atoms. The van der Waals surface area contributed by atoms with Crippen LogP contribution < -0.4 is 0 Å². The van der Waals surface area contributed by atoms with Crippen LogP contribution in [0.2, 0.25) is 0 Å². The Morgan fingerprint density at radius 1 is 1.05 bits per heavy atom. The fourth-order valence-electron chi connectivity index (χ4n) is 3.04. The summed E-state index contributed by atoms with van der Waals surface area (Å²) < 4.78 is 13.4. The molecule has 0 aliphatic rings. The predicted molar refractivity (Wildman–Crippen MR) is 85.0 cm³/mol. The normalized spacial score (nSPS) is 13.0. The molecular formula is C18H19FN2. The van der Waals surface area contributed by atoms with Crippen LogP contribution in [0.15, 0.2) is 48.5 Å². The van der Waals surface area contributed by atoms with Crippen LogP contribution in [-0.4, -0.2) is 24.0 Å². The van der Waals surface area contributed by atoms with E-state index in [1.54, 1.807) is 6.07 Å². The highest BCUT2D eigenvalue weighted by molar-refractivity contribution is 5.85. The molecule has 108 valence electrons. The fourth-order valence-corrected chi connectivity index (χ4v) is 3.04. The molecule has 0 amide bonds. The number of hydrogen-bond acceptors (Lipinski definition) is 1. The highest BCUT2D eigenvalue weighted by atomic mass is 19.1.